The van der Waals surface area contributed by atoms with Crippen LogP contribution in [-0.2, 0) is 0 Å². The van der Waals surface area contributed by atoms with Crippen molar-refractivity contribution in [2.75, 3.05) is 50.6 Å². The molecule has 0 aliphatic carbocycles. The van der Waals surface area contributed by atoms with Gasteiger partial charge in [0.25, 0.3) is 0 Å². The average molecular weight is 500 g/mol. The fraction of sp³-hybridized carbons (Fsp3) is 0.250. The van der Waals surface area contributed by atoms with E-state index >= 15 is 0 Å². The number of urea groups is 1. The summed E-state index contributed by atoms with van der Waals surface area (Å²) in [7, 11) is 3.06. The molecule has 1 aliphatic heterocycles. The predicted octanol–water partition coefficient (Wildman–Crippen LogP) is 5.17. The summed E-state index contributed by atoms with van der Waals surface area (Å²) in [6, 6.07) is 12.8. The molecule has 34 heavy (non-hydrogen) atoms. The second-order valence-electron chi connectivity index (χ2n) is 7.92. The average Bonchev–Trinajstić information content (AvgIpc) is 3.34. The van der Waals surface area contributed by atoms with Crippen molar-refractivity contribution in [3.63, 3.8) is 0 Å². The van der Waals surface area contributed by atoms with E-state index in [-0.39, 0.29) is 6.03 Å². The van der Waals surface area contributed by atoms with Gasteiger partial charge in [-0.1, -0.05) is 23.2 Å². The lowest BCUT2D eigenvalue weighted by Crippen LogP contribution is -2.50. The Morgan fingerprint density at radius 3 is 2.47 bits per heavy atom. The molecule has 1 saturated heterocycles. The molecule has 0 bridgehead atoms. The number of methoxy groups -OCH3 is 2. The number of anilines is 2. The summed E-state index contributed by atoms with van der Waals surface area (Å²) in [4.78, 5) is 21.8. The number of carbonyl (C=O) groups is 1. The number of fused-ring (bicyclic) bond motifs is 3. The molecule has 8 nitrogen and oxygen atoms in total. The third-order valence-electron chi connectivity index (χ3n) is 5.98. The number of nitrogens with zero attached hydrogens (tertiary/aromatic N) is 4. The van der Waals surface area contributed by atoms with Crippen molar-refractivity contribution >= 4 is 57.3 Å². The third-order valence-corrected chi connectivity index (χ3v) is 6.51. The zero-order valence-electron chi connectivity index (χ0n) is 18.7. The Balaban J connectivity index is 1.33. The number of carbonyl (C=O) groups excluding carboxylic acids is 1. The van der Waals surface area contributed by atoms with Crippen molar-refractivity contribution in [2.24, 2.45) is 0 Å². The molecule has 10 heteroatoms. The maximum absolute atomic E-state index is 13.0. The fourth-order valence-electron chi connectivity index (χ4n) is 4.24. The van der Waals surface area contributed by atoms with Crippen molar-refractivity contribution in [3.05, 3.63) is 58.7 Å². The first-order chi connectivity index (χ1) is 16.5. The normalized spacial score (nSPS) is 14.0. The van der Waals surface area contributed by atoms with Crippen LogP contribution in [-0.4, -0.2) is 60.7 Å². The highest BCUT2D eigenvalue weighted by atomic mass is 35.5. The second kappa shape index (κ2) is 9.12. The maximum Gasteiger partial charge on any atom is 0.322 e. The summed E-state index contributed by atoms with van der Waals surface area (Å²) < 4.78 is 12.7. The monoisotopic (exact) mass is 499 g/mol. The van der Waals surface area contributed by atoms with E-state index in [2.05, 4.69) is 20.7 Å². The predicted molar refractivity (Wildman–Crippen MR) is 135 cm³/mol. The summed E-state index contributed by atoms with van der Waals surface area (Å²) in [6.45, 7) is 2.38. The summed E-state index contributed by atoms with van der Waals surface area (Å²) in [5.74, 6) is 1.83. The molecule has 4 aromatic rings. The number of piperazine rings is 1. The van der Waals surface area contributed by atoms with E-state index in [1.54, 1.807) is 17.0 Å². The second-order valence-corrected chi connectivity index (χ2v) is 8.77. The lowest BCUT2D eigenvalue weighted by molar-refractivity contribution is 0.208. The van der Waals surface area contributed by atoms with Gasteiger partial charge >= 0.3 is 6.03 Å². The maximum atomic E-state index is 13.0. The third kappa shape index (κ3) is 4.03. The topological polar surface area (TPSA) is 71.3 Å². The van der Waals surface area contributed by atoms with Crippen molar-refractivity contribution in [1.82, 2.24) is 14.3 Å². The van der Waals surface area contributed by atoms with Gasteiger partial charge < -0.3 is 29.0 Å². The first kappa shape index (κ1) is 22.4. The van der Waals surface area contributed by atoms with Gasteiger partial charge in [0.15, 0.2) is 5.82 Å². The van der Waals surface area contributed by atoms with Crippen LogP contribution in [0, 0.1) is 0 Å². The highest BCUT2D eigenvalue weighted by Crippen LogP contribution is 2.36. The largest absolute Gasteiger partial charge is 0.495 e. The molecule has 1 fully saturated rings. The Morgan fingerprint density at radius 1 is 0.971 bits per heavy atom. The highest BCUT2D eigenvalue weighted by molar-refractivity contribution is 6.32. The van der Waals surface area contributed by atoms with Crippen LogP contribution in [0.4, 0.5) is 16.3 Å². The number of aromatic nitrogens is 2. The van der Waals surface area contributed by atoms with Crippen LogP contribution in [0.1, 0.15) is 0 Å². The summed E-state index contributed by atoms with van der Waals surface area (Å²) in [6.07, 6.45) is 2.02. The quantitative estimate of drug-likeness (QED) is 0.419. The first-order valence-corrected chi connectivity index (χ1v) is 11.5. The molecule has 2 aromatic carbocycles. The van der Waals surface area contributed by atoms with Crippen LogP contribution >= 0.6 is 23.2 Å². The van der Waals surface area contributed by atoms with E-state index in [0.29, 0.717) is 53.4 Å². The van der Waals surface area contributed by atoms with Crippen molar-refractivity contribution in [1.29, 1.82) is 0 Å². The Labute approximate surface area is 206 Å². The van der Waals surface area contributed by atoms with Gasteiger partial charge in [0.1, 0.15) is 11.5 Å². The number of rotatable bonds is 4. The molecule has 0 saturated carbocycles. The zero-order valence-corrected chi connectivity index (χ0v) is 20.2. The molecule has 0 radical (unpaired) electrons. The van der Waals surface area contributed by atoms with Gasteiger partial charge in [0.05, 0.1) is 41.5 Å². The molecular formula is C24H23Cl2N5O3. The van der Waals surface area contributed by atoms with Gasteiger partial charge in [-0.05, 0) is 36.4 Å². The van der Waals surface area contributed by atoms with Crippen molar-refractivity contribution in [3.8, 4) is 11.5 Å². The lowest BCUT2D eigenvalue weighted by atomic mass is 10.2. The first-order valence-electron chi connectivity index (χ1n) is 10.8. The minimum absolute atomic E-state index is 0.217. The Kier molecular flexibility index (Phi) is 6.02. The van der Waals surface area contributed by atoms with Crippen LogP contribution in [0.3, 0.4) is 0 Å². The lowest BCUT2D eigenvalue weighted by Gasteiger charge is -2.35. The van der Waals surface area contributed by atoms with Crippen molar-refractivity contribution < 1.29 is 14.3 Å². The van der Waals surface area contributed by atoms with Crippen LogP contribution in [0.5, 0.6) is 11.5 Å². The molecule has 2 aromatic heterocycles. The van der Waals surface area contributed by atoms with Gasteiger partial charge in [0.2, 0.25) is 0 Å². The number of hydrogen-bond acceptors (Lipinski definition) is 5. The molecule has 2 amide bonds. The number of ether oxygens (including phenoxy) is 2. The van der Waals surface area contributed by atoms with Gasteiger partial charge in [-0.3, -0.25) is 0 Å². The molecule has 3 heterocycles. The molecular weight excluding hydrogens is 477 g/mol. The van der Waals surface area contributed by atoms with Crippen LogP contribution in [0.15, 0.2) is 48.7 Å². The van der Waals surface area contributed by atoms with Gasteiger partial charge in [0, 0.05) is 43.5 Å². The number of hydrogen-bond donors (Lipinski definition) is 1. The number of amides is 2. The van der Waals surface area contributed by atoms with E-state index in [0.717, 1.165) is 22.4 Å². The summed E-state index contributed by atoms with van der Waals surface area (Å²) in [5.41, 5.74) is 3.34. The zero-order chi connectivity index (χ0) is 23.8. The molecule has 176 valence electrons. The minimum atomic E-state index is -0.217. The molecule has 0 atom stereocenters. The fourth-order valence-corrected chi connectivity index (χ4v) is 4.65. The van der Waals surface area contributed by atoms with Gasteiger partial charge in [-0.2, -0.15) is 0 Å². The van der Waals surface area contributed by atoms with Crippen molar-refractivity contribution in [2.45, 2.75) is 0 Å². The van der Waals surface area contributed by atoms with E-state index in [4.69, 9.17) is 37.7 Å². The Bertz CT molecular complexity index is 1380. The summed E-state index contributed by atoms with van der Waals surface area (Å²) >= 11 is 12.4. The SMILES string of the molecule is COc1cc(OC)c(NC(=O)N2CCN(c3nc4cc(Cl)ccc4n4cccc34)CC2)cc1Cl. The minimum Gasteiger partial charge on any atom is -0.495 e. The number of nitrogens with one attached hydrogen (secondary N) is 1. The van der Waals surface area contributed by atoms with Gasteiger partial charge in [-0.15, -0.1) is 0 Å². The van der Waals surface area contributed by atoms with Gasteiger partial charge in [-0.25, -0.2) is 9.78 Å². The standard InChI is InChI=1S/C24H23Cl2N5O3/c1-33-21-14-22(34-2)18(13-16(21)26)28-24(32)30-10-8-29(9-11-30)23-20-4-3-7-31(20)19-6-5-15(25)12-17(19)27-23/h3-7,12-14H,8-11H2,1-2H3,(H,28,32). The molecule has 1 N–H and O–H groups in total. The van der Waals surface area contributed by atoms with Crippen LogP contribution in [0.2, 0.25) is 10.0 Å². The van der Waals surface area contributed by atoms with E-state index in [1.165, 1.54) is 14.2 Å². The molecule has 1 aliphatic rings. The van der Waals surface area contributed by atoms with E-state index in [1.807, 2.05) is 30.5 Å². The summed E-state index contributed by atoms with van der Waals surface area (Å²) in [5, 5.41) is 3.94. The Morgan fingerprint density at radius 2 is 1.74 bits per heavy atom. The molecule has 5 rings (SSSR count). The van der Waals surface area contributed by atoms with Crippen LogP contribution < -0.4 is 19.7 Å². The highest BCUT2D eigenvalue weighted by Gasteiger charge is 2.25. The molecule has 0 spiro atoms. The molecule has 0 unspecified atom stereocenters. The van der Waals surface area contributed by atoms with E-state index < -0.39 is 0 Å². The smallest absolute Gasteiger partial charge is 0.322 e. The van der Waals surface area contributed by atoms with Crippen LogP contribution in [0.25, 0.3) is 16.6 Å². The van der Waals surface area contributed by atoms with E-state index in [9.17, 15) is 4.79 Å². The number of benzene rings is 2. The Hall–Kier alpha value is -3.36. The number of halogens is 2.